The number of rotatable bonds is 15. The van der Waals surface area contributed by atoms with E-state index in [0.717, 1.165) is 9.87 Å². The van der Waals surface area contributed by atoms with E-state index in [9.17, 15) is 18.0 Å². The molecule has 0 saturated heterocycles. The smallest absolute Gasteiger partial charge is 0.264 e. The molecular formula is C35H38ClN3O6S. The summed E-state index contributed by atoms with van der Waals surface area (Å²) in [7, 11) is -2.71. The fourth-order valence-electron chi connectivity index (χ4n) is 4.95. The minimum absolute atomic E-state index is 0.0305. The maximum absolute atomic E-state index is 14.5. The molecule has 4 rings (SSSR count). The van der Waals surface area contributed by atoms with Gasteiger partial charge in [-0.2, -0.15) is 0 Å². The number of carbonyl (C=O) groups is 2. The van der Waals surface area contributed by atoms with Crippen molar-refractivity contribution in [2.45, 2.75) is 37.8 Å². The number of anilines is 1. The summed E-state index contributed by atoms with van der Waals surface area (Å²) in [5.74, 6) is 0.223. The van der Waals surface area contributed by atoms with Gasteiger partial charge in [0.2, 0.25) is 11.8 Å². The third-order valence-corrected chi connectivity index (χ3v) is 9.27. The van der Waals surface area contributed by atoms with Gasteiger partial charge in [-0.05, 0) is 85.6 Å². The van der Waals surface area contributed by atoms with Gasteiger partial charge in [-0.3, -0.25) is 13.9 Å². The Morgan fingerprint density at radius 3 is 2.15 bits per heavy atom. The molecule has 11 heteroatoms. The van der Waals surface area contributed by atoms with E-state index < -0.39 is 28.5 Å². The topological polar surface area (TPSA) is 105 Å². The molecule has 46 heavy (non-hydrogen) atoms. The lowest BCUT2D eigenvalue weighted by Gasteiger charge is -2.34. The molecule has 2 amide bonds. The van der Waals surface area contributed by atoms with Gasteiger partial charge in [-0.1, -0.05) is 54.1 Å². The van der Waals surface area contributed by atoms with Crippen molar-refractivity contribution in [3.8, 4) is 11.5 Å². The fraction of sp³-hybridized carbons (Fsp3) is 0.257. The predicted octanol–water partition coefficient (Wildman–Crippen LogP) is 5.72. The standard InChI is InChI=1S/C35H38ClN3O6S/c1-4-37-35(41)33(23-26-10-7-6-8-11-26)38(24-27-12-9-13-31(22-27)44-3)34(40)25-39(29-16-18-30(19-17-29)45-5-2)46(42,43)32-20-14-28(36)15-21-32/h6-22,33H,4-5,23-25H2,1-3H3,(H,37,41)/t33-/m1/s1. The van der Waals surface area contributed by atoms with E-state index in [1.807, 2.05) is 43.3 Å². The molecule has 0 fully saturated rings. The van der Waals surface area contributed by atoms with Gasteiger partial charge >= 0.3 is 0 Å². The first-order chi connectivity index (χ1) is 22.2. The number of benzene rings is 4. The van der Waals surface area contributed by atoms with Gasteiger partial charge in [-0.15, -0.1) is 0 Å². The molecular weight excluding hydrogens is 626 g/mol. The molecule has 9 nitrogen and oxygen atoms in total. The first-order valence-corrected chi connectivity index (χ1v) is 16.7. The Labute approximate surface area is 275 Å². The number of carbonyl (C=O) groups excluding carboxylic acids is 2. The van der Waals surface area contributed by atoms with Crippen molar-refractivity contribution < 1.29 is 27.5 Å². The highest BCUT2D eigenvalue weighted by Crippen LogP contribution is 2.28. The second-order valence-electron chi connectivity index (χ2n) is 10.4. The van der Waals surface area contributed by atoms with E-state index >= 15 is 0 Å². The average molecular weight is 664 g/mol. The average Bonchev–Trinajstić information content (AvgIpc) is 3.06. The van der Waals surface area contributed by atoms with Crippen molar-refractivity contribution >= 4 is 39.1 Å². The Hall–Kier alpha value is -4.54. The van der Waals surface area contributed by atoms with Crippen LogP contribution in [0.15, 0.2) is 108 Å². The molecule has 0 aromatic heterocycles. The number of nitrogens with one attached hydrogen (secondary N) is 1. The van der Waals surface area contributed by atoms with Crippen LogP contribution in [-0.4, -0.2) is 58.0 Å². The molecule has 0 aliphatic heterocycles. The predicted molar refractivity (Wildman–Crippen MR) is 180 cm³/mol. The highest BCUT2D eigenvalue weighted by atomic mass is 35.5. The Balaban J connectivity index is 1.80. The quantitative estimate of drug-likeness (QED) is 0.175. The molecule has 0 saturated carbocycles. The summed E-state index contributed by atoms with van der Waals surface area (Å²) < 4.78 is 40.3. The summed E-state index contributed by atoms with van der Waals surface area (Å²) in [5, 5.41) is 3.23. The van der Waals surface area contributed by atoms with E-state index in [0.29, 0.717) is 35.2 Å². The third kappa shape index (κ3) is 8.80. The van der Waals surface area contributed by atoms with E-state index in [2.05, 4.69) is 5.32 Å². The zero-order valence-corrected chi connectivity index (χ0v) is 27.6. The Kier molecular flexibility index (Phi) is 12.1. The highest BCUT2D eigenvalue weighted by Gasteiger charge is 2.34. The minimum Gasteiger partial charge on any atom is -0.497 e. The second-order valence-corrected chi connectivity index (χ2v) is 12.7. The largest absolute Gasteiger partial charge is 0.497 e. The van der Waals surface area contributed by atoms with Crippen LogP contribution in [0.2, 0.25) is 5.02 Å². The number of nitrogens with zero attached hydrogens (tertiary/aromatic N) is 2. The van der Waals surface area contributed by atoms with Crippen LogP contribution in [0.4, 0.5) is 5.69 Å². The summed E-state index contributed by atoms with van der Waals surface area (Å²) in [6.45, 7) is 3.90. The molecule has 0 aliphatic carbocycles. The summed E-state index contributed by atoms with van der Waals surface area (Å²) in [4.78, 5) is 29.5. The van der Waals surface area contributed by atoms with Crippen LogP contribution in [0.3, 0.4) is 0 Å². The van der Waals surface area contributed by atoms with Gasteiger partial charge in [0, 0.05) is 24.5 Å². The molecule has 4 aromatic rings. The number of ether oxygens (including phenoxy) is 2. The molecule has 0 radical (unpaired) electrons. The number of sulfonamides is 1. The third-order valence-electron chi connectivity index (χ3n) is 7.23. The summed E-state index contributed by atoms with van der Waals surface area (Å²) >= 11 is 6.06. The van der Waals surface area contributed by atoms with E-state index in [1.54, 1.807) is 56.5 Å². The zero-order valence-electron chi connectivity index (χ0n) is 26.1. The molecule has 242 valence electrons. The van der Waals surface area contributed by atoms with Crippen LogP contribution in [0.1, 0.15) is 25.0 Å². The summed E-state index contributed by atoms with van der Waals surface area (Å²) in [6, 6.07) is 27.8. The van der Waals surface area contributed by atoms with Gasteiger partial charge in [0.15, 0.2) is 0 Å². The molecule has 0 spiro atoms. The number of methoxy groups -OCH3 is 1. The second kappa shape index (κ2) is 16.1. The Bertz CT molecular complexity index is 1700. The van der Waals surface area contributed by atoms with E-state index in [4.69, 9.17) is 21.1 Å². The van der Waals surface area contributed by atoms with Crippen LogP contribution >= 0.6 is 11.6 Å². The SMILES string of the molecule is CCNC(=O)[C@@H](Cc1ccccc1)N(Cc1cccc(OC)c1)C(=O)CN(c1ccc(OCC)cc1)S(=O)(=O)c1ccc(Cl)cc1. The molecule has 0 bridgehead atoms. The number of likely N-dealkylation sites (N-methyl/N-ethyl adjacent to an activating group) is 1. The first kappa shape index (κ1) is 34.3. The maximum Gasteiger partial charge on any atom is 0.264 e. The lowest BCUT2D eigenvalue weighted by molar-refractivity contribution is -0.140. The van der Waals surface area contributed by atoms with Crippen molar-refractivity contribution in [3.05, 3.63) is 119 Å². The number of hydrogen-bond donors (Lipinski definition) is 1. The number of amides is 2. The molecule has 1 N–H and O–H groups in total. The van der Waals surface area contributed by atoms with Crippen molar-refractivity contribution in [1.82, 2.24) is 10.2 Å². The number of halogens is 1. The summed E-state index contributed by atoms with van der Waals surface area (Å²) in [5.41, 5.74) is 1.81. The normalized spacial score (nSPS) is 11.7. The molecule has 0 aliphatic rings. The monoisotopic (exact) mass is 663 g/mol. The lowest BCUT2D eigenvalue weighted by atomic mass is 10.0. The molecule has 4 aromatic carbocycles. The number of hydrogen-bond acceptors (Lipinski definition) is 6. The van der Waals surface area contributed by atoms with Gasteiger partial charge in [0.25, 0.3) is 10.0 Å². The molecule has 1 atom stereocenters. The Morgan fingerprint density at radius 1 is 0.848 bits per heavy atom. The first-order valence-electron chi connectivity index (χ1n) is 14.9. The summed E-state index contributed by atoms with van der Waals surface area (Å²) in [6.07, 6.45) is 0.218. The van der Waals surface area contributed by atoms with Gasteiger partial charge in [-0.25, -0.2) is 8.42 Å². The lowest BCUT2D eigenvalue weighted by Crippen LogP contribution is -2.53. The van der Waals surface area contributed by atoms with Gasteiger partial charge < -0.3 is 19.7 Å². The van der Waals surface area contributed by atoms with Crippen LogP contribution in [0.25, 0.3) is 0 Å². The van der Waals surface area contributed by atoms with Crippen molar-refractivity contribution in [3.63, 3.8) is 0 Å². The van der Waals surface area contributed by atoms with Crippen LogP contribution < -0.4 is 19.1 Å². The zero-order chi connectivity index (χ0) is 33.1. The minimum atomic E-state index is -4.26. The maximum atomic E-state index is 14.5. The van der Waals surface area contributed by atoms with E-state index in [1.165, 1.54) is 29.2 Å². The fourth-order valence-corrected chi connectivity index (χ4v) is 6.49. The van der Waals surface area contributed by atoms with Gasteiger partial charge in [0.05, 0.1) is 24.3 Å². The molecule has 0 heterocycles. The van der Waals surface area contributed by atoms with Crippen molar-refractivity contribution in [2.75, 3.05) is 31.1 Å². The van der Waals surface area contributed by atoms with Crippen LogP contribution in [0, 0.1) is 0 Å². The van der Waals surface area contributed by atoms with Gasteiger partial charge in [0.1, 0.15) is 24.1 Å². The van der Waals surface area contributed by atoms with Crippen molar-refractivity contribution in [1.29, 1.82) is 0 Å². The van der Waals surface area contributed by atoms with Crippen LogP contribution in [-0.2, 0) is 32.6 Å². The highest BCUT2D eigenvalue weighted by molar-refractivity contribution is 7.92. The van der Waals surface area contributed by atoms with Crippen molar-refractivity contribution in [2.24, 2.45) is 0 Å². The molecule has 0 unspecified atom stereocenters. The van der Waals surface area contributed by atoms with Crippen LogP contribution in [0.5, 0.6) is 11.5 Å². The Morgan fingerprint density at radius 2 is 1.52 bits per heavy atom. The van der Waals surface area contributed by atoms with E-state index in [-0.39, 0.29) is 29.5 Å².